The summed E-state index contributed by atoms with van der Waals surface area (Å²) in [4.78, 5) is 15.7. The van der Waals surface area contributed by atoms with Gasteiger partial charge in [0.15, 0.2) is 0 Å². The molecule has 3 nitrogen and oxygen atoms in total. The fraction of sp³-hybridized carbons (Fsp3) is 0.111. The lowest BCUT2D eigenvalue weighted by atomic mass is 10.1. The molecule has 1 aromatic carbocycles. The van der Waals surface area contributed by atoms with Crippen molar-refractivity contribution < 1.29 is 9.63 Å². The van der Waals surface area contributed by atoms with Crippen LogP contribution in [0, 0.1) is 6.92 Å². The molecule has 0 heterocycles. The van der Waals surface area contributed by atoms with Crippen LogP contribution in [0.5, 0.6) is 0 Å². The second kappa shape index (κ2) is 3.88. The second-order valence-corrected chi connectivity index (χ2v) is 2.29. The van der Waals surface area contributed by atoms with E-state index in [-0.39, 0.29) is 5.91 Å². The Morgan fingerprint density at radius 1 is 1.50 bits per heavy atom. The van der Waals surface area contributed by atoms with E-state index in [4.69, 9.17) is 0 Å². The maximum atomic E-state index is 11.2. The SMILES string of the molecule is [CH2]c1ccccc1C(=O)NOC. The highest BCUT2D eigenvalue weighted by molar-refractivity contribution is 5.95. The normalized spacial score (nSPS) is 9.50. The van der Waals surface area contributed by atoms with Gasteiger partial charge in [-0.05, 0) is 18.6 Å². The van der Waals surface area contributed by atoms with Crippen LogP contribution in [0.15, 0.2) is 24.3 Å². The predicted molar refractivity (Wildman–Crippen MR) is 45.4 cm³/mol. The molecule has 0 spiro atoms. The van der Waals surface area contributed by atoms with Gasteiger partial charge in [-0.3, -0.25) is 9.63 Å². The third kappa shape index (κ3) is 1.83. The van der Waals surface area contributed by atoms with Crippen molar-refractivity contribution in [3.8, 4) is 0 Å². The fourth-order valence-corrected chi connectivity index (χ4v) is 0.889. The Morgan fingerprint density at radius 3 is 2.75 bits per heavy atom. The van der Waals surface area contributed by atoms with Gasteiger partial charge in [-0.2, -0.15) is 0 Å². The summed E-state index contributed by atoms with van der Waals surface area (Å²) >= 11 is 0. The highest BCUT2D eigenvalue weighted by Crippen LogP contribution is 2.05. The number of rotatable bonds is 2. The average Bonchev–Trinajstić information content (AvgIpc) is 2.05. The van der Waals surface area contributed by atoms with E-state index in [1.807, 2.05) is 6.07 Å². The Bertz CT molecular complexity index is 284. The number of hydroxylamine groups is 1. The van der Waals surface area contributed by atoms with Crippen molar-refractivity contribution in [1.82, 2.24) is 5.48 Å². The van der Waals surface area contributed by atoms with E-state index in [1.165, 1.54) is 7.11 Å². The molecule has 0 atom stereocenters. The van der Waals surface area contributed by atoms with Crippen LogP contribution in [-0.4, -0.2) is 13.0 Å². The summed E-state index contributed by atoms with van der Waals surface area (Å²) in [6.07, 6.45) is 0. The molecule has 0 fully saturated rings. The zero-order chi connectivity index (χ0) is 8.97. The van der Waals surface area contributed by atoms with Crippen LogP contribution in [0.2, 0.25) is 0 Å². The predicted octanol–water partition coefficient (Wildman–Crippen LogP) is 1.16. The number of hydrogen-bond donors (Lipinski definition) is 1. The summed E-state index contributed by atoms with van der Waals surface area (Å²) < 4.78 is 0. The monoisotopic (exact) mass is 164 g/mol. The van der Waals surface area contributed by atoms with Crippen molar-refractivity contribution in [3.05, 3.63) is 42.3 Å². The lowest BCUT2D eigenvalue weighted by Crippen LogP contribution is -2.22. The summed E-state index contributed by atoms with van der Waals surface area (Å²) in [6.45, 7) is 3.71. The molecule has 0 aromatic heterocycles. The number of amides is 1. The topological polar surface area (TPSA) is 38.3 Å². The Morgan fingerprint density at radius 2 is 2.17 bits per heavy atom. The number of hydrogen-bond acceptors (Lipinski definition) is 2. The average molecular weight is 164 g/mol. The maximum Gasteiger partial charge on any atom is 0.275 e. The second-order valence-electron chi connectivity index (χ2n) is 2.29. The molecule has 1 N–H and O–H groups in total. The molecule has 0 aliphatic carbocycles. The van der Waals surface area contributed by atoms with Crippen molar-refractivity contribution in [3.63, 3.8) is 0 Å². The van der Waals surface area contributed by atoms with Gasteiger partial charge >= 0.3 is 0 Å². The molecule has 0 aliphatic rings. The third-order valence-corrected chi connectivity index (χ3v) is 1.46. The number of carbonyl (C=O) groups excluding carboxylic acids is 1. The van der Waals surface area contributed by atoms with E-state index in [2.05, 4.69) is 17.2 Å². The summed E-state index contributed by atoms with van der Waals surface area (Å²) in [7, 11) is 1.39. The van der Waals surface area contributed by atoms with Crippen LogP contribution in [0.25, 0.3) is 0 Å². The maximum absolute atomic E-state index is 11.2. The Kier molecular flexibility index (Phi) is 2.82. The Labute approximate surface area is 71.3 Å². The van der Waals surface area contributed by atoms with Gasteiger partial charge in [0.05, 0.1) is 7.11 Å². The minimum atomic E-state index is -0.275. The van der Waals surface area contributed by atoms with Crippen molar-refractivity contribution in [1.29, 1.82) is 0 Å². The molecule has 0 saturated carbocycles. The van der Waals surface area contributed by atoms with E-state index in [1.54, 1.807) is 18.2 Å². The van der Waals surface area contributed by atoms with Crippen molar-refractivity contribution >= 4 is 5.91 Å². The molecule has 0 bridgehead atoms. The van der Waals surface area contributed by atoms with Gasteiger partial charge < -0.3 is 0 Å². The zero-order valence-corrected chi connectivity index (χ0v) is 6.83. The smallest absolute Gasteiger partial charge is 0.275 e. The van der Waals surface area contributed by atoms with Crippen LogP contribution in [-0.2, 0) is 4.84 Å². The molecule has 12 heavy (non-hydrogen) atoms. The minimum Gasteiger partial charge on any atom is -0.277 e. The van der Waals surface area contributed by atoms with E-state index in [9.17, 15) is 4.79 Å². The molecule has 1 radical (unpaired) electrons. The van der Waals surface area contributed by atoms with Gasteiger partial charge in [-0.15, -0.1) is 0 Å². The highest BCUT2D eigenvalue weighted by atomic mass is 16.6. The van der Waals surface area contributed by atoms with E-state index in [0.717, 1.165) is 0 Å². The van der Waals surface area contributed by atoms with E-state index >= 15 is 0 Å². The number of nitrogens with one attached hydrogen (secondary N) is 1. The first-order valence-electron chi connectivity index (χ1n) is 3.50. The highest BCUT2D eigenvalue weighted by Gasteiger charge is 2.05. The lowest BCUT2D eigenvalue weighted by molar-refractivity contribution is 0.0537. The molecule has 0 unspecified atom stereocenters. The van der Waals surface area contributed by atoms with Gasteiger partial charge in [0.1, 0.15) is 0 Å². The van der Waals surface area contributed by atoms with Crippen LogP contribution < -0.4 is 5.48 Å². The molecule has 3 heteroatoms. The van der Waals surface area contributed by atoms with Gasteiger partial charge in [-0.25, -0.2) is 5.48 Å². The third-order valence-electron chi connectivity index (χ3n) is 1.46. The molecule has 1 amide bonds. The first kappa shape index (κ1) is 8.74. The summed E-state index contributed by atoms with van der Waals surface area (Å²) in [5.41, 5.74) is 3.44. The fourth-order valence-electron chi connectivity index (χ4n) is 0.889. The van der Waals surface area contributed by atoms with Crippen LogP contribution in [0.3, 0.4) is 0 Å². The molecule has 63 valence electrons. The zero-order valence-electron chi connectivity index (χ0n) is 6.83. The standard InChI is InChI=1S/C9H10NO2/c1-7-5-3-4-6-8(7)9(11)10-12-2/h3-6H,1H2,2H3,(H,10,11). The molecular formula is C9H10NO2. The van der Waals surface area contributed by atoms with Gasteiger partial charge in [0.25, 0.3) is 5.91 Å². The summed E-state index contributed by atoms with van der Waals surface area (Å²) in [6, 6.07) is 7.06. The summed E-state index contributed by atoms with van der Waals surface area (Å²) in [5, 5.41) is 0. The van der Waals surface area contributed by atoms with Gasteiger partial charge in [0, 0.05) is 5.56 Å². The Hall–Kier alpha value is -1.35. The quantitative estimate of drug-likeness (QED) is 0.666. The molecule has 0 aliphatic heterocycles. The van der Waals surface area contributed by atoms with Crippen LogP contribution in [0.1, 0.15) is 15.9 Å². The molecule has 0 saturated heterocycles. The van der Waals surface area contributed by atoms with Gasteiger partial charge in [0.2, 0.25) is 0 Å². The van der Waals surface area contributed by atoms with E-state index < -0.39 is 0 Å². The van der Waals surface area contributed by atoms with Crippen LogP contribution >= 0.6 is 0 Å². The lowest BCUT2D eigenvalue weighted by Gasteiger charge is -2.03. The largest absolute Gasteiger partial charge is 0.277 e. The molecule has 1 rings (SSSR count). The molecular weight excluding hydrogens is 154 g/mol. The van der Waals surface area contributed by atoms with Crippen molar-refractivity contribution in [2.45, 2.75) is 0 Å². The minimum absolute atomic E-state index is 0.275. The summed E-state index contributed by atoms with van der Waals surface area (Å²) in [5.74, 6) is -0.275. The van der Waals surface area contributed by atoms with E-state index in [0.29, 0.717) is 11.1 Å². The van der Waals surface area contributed by atoms with Crippen LogP contribution in [0.4, 0.5) is 0 Å². The number of carbonyl (C=O) groups is 1. The van der Waals surface area contributed by atoms with Gasteiger partial charge in [-0.1, -0.05) is 18.2 Å². The molecule has 1 aromatic rings. The first-order valence-corrected chi connectivity index (χ1v) is 3.50. The first-order chi connectivity index (χ1) is 5.75. The van der Waals surface area contributed by atoms with Crippen molar-refractivity contribution in [2.75, 3.05) is 7.11 Å². The number of benzene rings is 1. The van der Waals surface area contributed by atoms with Crippen molar-refractivity contribution in [2.24, 2.45) is 0 Å². The Balaban J connectivity index is 2.87.